The average molecular weight is 515 g/mol. The number of nitrogens with one attached hydrogen (secondary N) is 1. The number of sulfonamides is 1. The Hall–Kier alpha value is -3.17. The molecule has 0 aliphatic rings. The van der Waals surface area contributed by atoms with Crippen LogP contribution in [0.4, 0.5) is 5.69 Å². The maximum absolute atomic E-state index is 13.6. The minimum Gasteiger partial charge on any atom is -0.497 e. The zero-order valence-corrected chi connectivity index (χ0v) is 21.9. The van der Waals surface area contributed by atoms with E-state index in [0.29, 0.717) is 23.8 Å². The Morgan fingerprint density at radius 2 is 1.57 bits per heavy atom. The summed E-state index contributed by atoms with van der Waals surface area (Å²) in [6.45, 7) is 3.84. The number of benzene rings is 3. The SMILES string of the molecule is CCOc1ccc(N(CC(=O)N[C@@H](C)c2ccc(OC)cc2)S(=O)(=O)c2ccc(SC)cc2)cc1. The van der Waals surface area contributed by atoms with Crippen molar-refractivity contribution in [3.8, 4) is 11.5 Å². The lowest BCUT2D eigenvalue weighted by Crippen LogP contribution is -2.41. The van der Waals surface area contributed by atoms with E-state index in [4.69, 9.17) is 9.47 Å². The Bertz CT molecular complexity index is 1210. The molecule has 0 aromatic heterocycles. The van der Waals surface area contributed by atoms with E-state index in [1.807, 2.05) is 44.4 Å². The van der Waals surface area contributed by atoms with E-state index in [9.17, 15) is 13.2 Å². The number of carbonyl (C=O) groups is 1. The van der Waals surface area contributed by atoms with Gasteiger partial charge in [-0.2, -0.15) is 0 Å². The fourth-order valence-electron chi connectivity index (χ4n) is 3.46. The summed E-state index contributed by atoms with van der Waals surface area (Å²) in [6.07, 6.45) is 1.92. The molecule has 35 heavy (non-hydrogen) atoms. The maximum Gasteiger partial charge on any atom is 0.264 e. The average Bonchev–Trinajstić information content (AvgIpc) is 2.88. The maximum atomic E-state index is 13.6. The molecule has 1 atom stereocenters. The third-order valence-electron chi connectivity index (χ3n) is 5.36. The quantitative estimate of drug-likeness (QED) is 0.367. The van der Waals surface area contributed by atoms with Crippen LogP contribution in [-0.4, -0.2) is 40.8 Å². The van der Waals surface area contributed by atoms with E-state index in [2.05, 4.69) is 5.32 Å². The summed E-state index contributed by atoms with van der Waals surface area (Å²) >= 11 is 1.52. The third-order valence-corrected chi connectivity index (χ3v) is 7.90. The minimum absolute atomic E-state index is 0.111. The predicted octanol–water partition coefficient (Wildman–Crippen LogP) is 4.89. The molecule has 0 fully saturated rings. The van der Waals surface area contributed by atoms with Gasteiger partial charge >= 0.3 is 0 Å². The number of nitrogens with zero attached hydrogens (tertiary/aromatic N) is 1. The monoisotopic (exact) mass is 514 g/mol. The summed E-state index contributed by atoms with van der Waals surface area (Å²) in [6, 6.07) is 20.3. The van der Waals surface area contributed by atoms with Gasteiger partial charge in [0.1, 0.15) is 18.0 Å². The van der Waals surface area contributed by atoms with Crippen LogP contribution >= 0.6 is 11.8 Å². The normalized spacial score (nSPS) is 12.0. The number of hydrogen-bond acceptors (Lipinski definition) is 6. The zero-order chi connectivity index (χ0) is 25.4. The highest BCUT2D eigenvalue weighted by Gasteiger charge is 2.28. The first-order chi connectivity index (χ1) is 16.8. The molecule has 7 nitrogen and oxygen atoms in total. The second-order valence-electron chi connectivity index (χ2n) is 7.68. The van der Waals surface area contributed by atoms with Gasteiger partial charge in [0.05, 0.1) is 30.3 Å². The van der Waals surface area contributed by atoms with Crippen LogP contribution < -0.4 is 19.1 Å². The van der Waals surface area contributed by atoms with Crippen LogP contribution in [0.25, 0.3) is 0 Å². The van der Waals surface area contributed by atoms with Crippen LogP contribution in [0.3, 0.4) is 0 Å². The highest BCUT2D eigenvalue weighted by atomic mass is 32.2. The highest BCUT2D eigenvalue weighted by molar-refractivity contribution is 7.98. The van der Waals surface area contributed by atoms with Crippen LogP contribution in [0.2, 0.25) is 0 Å². The van der Waals surface area contributed by atoms with Crippen molar-refractivity contribution in [1.29, 1.82) is 0 Å². The summed E-state index contributed by atoms with van der Waals surface area (Å²) in [4.78, 5) is 14.1. The van der Waals surface area contributed by atoms with Crippen molar-refractivity contribution >= 4 is 33.4 Å². The molecule has 3 aromatic carbocycles. The van der Waals surface area contributed by atoms with Gasteiger partial charge in [0.15, 0.2) is 0 Å². The topological polar surface area (TPSA) is 84.9 Å². The van der Waals surface area contributed by atoms with Gasteiger partial charge in [-0.25, -0.2) is 8.42 Å². The van der Waals surface area contributed by atoms with Gasteiger partial charge in [0, 0.05) is 4.90 Å². The van der Waals surface area contributed by atoms with E-state index in [1.54, 1.807) is 55.6 Å². The van der Waals surface area contributed by atoms with E-state index < -0.39 is 15.9 Å². The van der Waals surface area contributed by atoms with Crippen LogP contribution in [0.15, 0.2) is 82.6 Å². The van der Waals surface area contributed by atoms with E-state index in [1.165, 1.54) is 11.8 Å². The summed E-state index contributed by atoms with van der Waals surface area (Å²) in [5, 5.41) is 2.89. The van der Waals surface area contributed by atoms with Crippen molar-refractivity contribution in [3.05, 3.63) is 78.4 Å². The molecule has 1 amide bonds. The fourth-order valence-corrected chi connectivity index (χ4v) is 5.29. The predicted molar refractivity (Wildman–Crippen MR) is 140 cm³/mol. The first kappa shape index (κ1) is 26.4. The van der Waals surface area contributed by atoms with Crippen molar-refractivity contribution in [2.45, 2.75) is 29.7 Å². The minimum atomic E-state index is -4.00. The molecule has 186 valence electrons. The molecule has 3 aromatic rings. The van der Waals surface area contributed by atoms with Gasteiger partial charge in [-0.15, -0.1) is 11.8 Å². The largest absolute Gasteiger partial charge is 0.497 e. The van der Waals surface area contributed by atoms with E-state index >= 15 is 0 Å². The number of carbonyl (C=O) groups excluding carboxylic acids is 1. The molecule has 0 saturated heterocycles. The smallest absolute Gasteiger partial charge is 0.264 e. The van der Waals surface area contributed by atoms with Crippen molar-refractivity contribution in [2.24, 2.45) is 0 Å². The second kappa shape index (κ2) is 12.0. The first-order valence-corrected chi connectivity index (χ1v) is 13.8. The molecule has 0 radical (unpaired) electrons. The standard InChI is InChI=1S/C26H30N2O5S2/c1-5-33-23-12-8-21(9-13-23)28(35(30,31)25-16-14-24(34-4)15-17-25)18-26(29)27-19(2)20-6-10-22(32-3)11-7-20/h6-17,19H,5,18H2,1-4H3,(H,27,29)/t19-/m0/s1. The van der Waals surface area contributed by atoms with Gasteiger partial charge in [0.2, 0.25) is 5.91 Å². The molecule has 0 unspecified atom stereocenters. The number of amides is 1. The zero-order valence-electron chi connectivity index (χ0n) is 20.2. The van der Waals surface area contributed by atoms with Gasteiger partial charge in [-0.1, -0.05) is 12.1 Å². The first-order valence-electron chi connectivity index (χ1n) is 11.1. The molecule has 0 aliphatic carbocycles. The van der Waals surface area contributed by atoms with Gasteiger partial charge in [-0.05, 0) is 86.3 Å². The summed E-state index contributed by atoms with van der Waals surface area (Å²) in [5.74, 6) is 0.912. The Balaban J connectivity index is 1.87. The number of thioether (sulfide) groups is 1. The Kier molecular flexibility index (Phi) is 9.06. The molecule has 0 spiro atoms. The number of hydrogen-bond donors (Lipinski definition) is 1. The van der Waals surface area contributed by atoms with Gasteiger partial charge < -0.3 is 14.8 Å². The van der Waals surface area contributed by atoms with Crippen molar-refractivity contribution in [1.82, 2.24) is 5.32 Å². The van der Waals surface area contributed by atoms with Crippen molar-refractivity contribution in [2.75, 3.05) is 30.8 Å². The van der Waals surface area contributed by atoms with Crippen LogP contribution in [0.1, 0.15) is 25.5 Å². The fraction of sp³-hybridized carbons (Fsp3) is 0.269. The summed E-state index contributed by atoms with van der Waals surface area (Å²) in [7, 11) is -2.41. The Morgan fingerprint density at radius 3 is 2.11 bits per heavy atom. The lowest BCUT2D eigenvalue weighted by atomic mass is 10.1. The molecule has 1 N–H and O–H groups in total. The molecule has 0 aliphatic heterocycles. The molecular formula is C26H30N2O5S2. The lowest BCUT2D eigenvalue weighted by molar-refractivity contribution is -0.120. The molecule has 9 heteroatoms. The summed E-state index contributed by atoms with van der Waals surface area (Å²) < 4.78 is 39.0. The summed E-state index contributed by atoms with van der Waals surface area (Å²) in [5.41, 5.74) is 1.25. The third kappa shape index (κ3) is 6.70. The Morgan fingerprint density at radius 1 is 0.971 bits per heavy atom. The molecule has 3 rings (SSSR count). The lowest BCUT2D eigenvalue weighted by Gasteiger charge is -2.25. The van der Waals surface area contributed by atoms with Crippen molar-refractivity contribution in [3.63, 3.8) is 0 Å². The van der Waals surface area contributed by atoms with Crippen LogP contribution in [0.5, 0.6) is 11.5 Å². The number of methoxy groups -OCH3 is 1. The van der Waals surface area contributed by atoms with E-state index in [-0.39, 0.29) is 17.5 Å². The molecule has 0 heterocycles. The number of anilines is 1. The van der Waals surface area contributed by atoms with Crippen LogP contribution in [-0.2, 0) is 14.8 Å². The molecule has 0 bridgehead atoms. The second-order valence-corrected chi connectivity index (χ2v) is 10.4. The van der Waals surface area contributed by atoms with E-state index in [0.717, 1.165) is 14.8 Å². The van der Waals surface area contributed by atoms with Crippen LogP contribution in [0, 0.1) is 0 Å². The van der Waals surface area contributed by atoms with Crippen molar-refractivity contribution < 1.29 is 22.7 Å². The van der Waals surface area contributed by atoms with Gasteiger partial charge in [0.25, 0.3) is 10.0 Å². The molecular weight excluding hydrogens is 484 g/mol. The Labute approximate surface area is 211 Å². The highest BCUT2D eigenvalue weighted by Crippen LogP contribution is 2.27. The molecule has 0 saturated carbocycles. The van der Waals surface area contributed by atoms with Gasteiger partial charge in [-0.3, -0.25) is 9.10 Å². The number of rotatable bonds is 11. The number of ether oxygens (including phenoxy) is 2.